The Balaban J connectivity index is 1.46. The second kappa shape index (κ2) is 8.73. The van der Waals surface area contributed by atoms with Crippen LogP contribution in [0.3, 0.4) is 0 Å². The SMILES string of the molecule is Cc1ccc(-c2nc3cnccn3c2NCCC(=O)N[C@H](C)c2cccnc2)cc1. The quantitative estimate of drug-likeness (QED) is 0.493. The summed E-state index contributed by atoms with van der Waals surface area (Å²) in [5.74, 6) is 0.829. The number of benzene rings is 1. The van der Waals surface area contributed by atoms with Crippen molar-refractivity contribution >= 4 is 17.4 Å². The third-order valence-corrected chi connectivity index (χ3v) is 4.96. The lowest BCUT2D eigenvalue weighted by atomic mass is 10.1. The second-order valence-corrected chi connectivity index (χ2v) is 7.23. The highest BCUT2D eigenvalue weighted by Crippen LogP contribution is 2.28. The number of aryl methyl sites for hydroxylation is 1. The van der Waals surface area contributed by atoms with E-state index in [0.717, 1.165) is 28.3 Å². The number of aromatic nitrogens is 4. The molecule has 0 aliphatic carbocycles. The number of pyridine rings is 1. The predicted molar refractivity (Wildman–Crippen MR) is 117 cm³/mol. The Kier molecular flexibility index (Phi) is 5.70. The fourth-order valence-electron chi connectivity index (χ4n) is 3.31. The molecule has 3 heterocycles. The van der Waals surface area contributed by atoms with Crippen LogP contribution in [0.5, 0.6) is 0 Å². The van der Waals surface area contributed by atoms with Crippen LogP contribution in [0.15, 0.2) is 67.4 Å². The maximum Gasteiger partial charge on any atom is 0.222 e. The Hall–Kier alpha value is -3.74. The third kappa shape index (κ3) is 4.30. The van der Waals surface area contributed by atoms with E-state index in [1.807, 2.05) is 29.7 Å². The molecule has 4 rings (SSSR count). The van der Waals surface area contributed by atoms with Crippen LogP contribution in [0.2, 0.25) is 0 Å². The predicted octanol–water partition coefficient (Wildman–Crippen LogP) is 3.78. The monoisotopic (exact) mass is 400 g/mol. The van der Waals surface area contributed by atoms with Gasteiger partial charge in [0, 0.05) is 43.3 Å². The average molecular weight is 400 g/mol. The number of nitrogens with zero attached hydrogens (tertiary/aromatic N) is 4. The van der Waals surface area contributed by atoms with E-state index in [9.17, 15) is 4.79 Å². The zero-order valence-corrected chi connectivity index (χ0v) is 17.0. The number of rotatable bonds is 7. The molecule has 0 fully saturated rings. The van der Waals surface area contributed by atoms with Crippen LogP contribution in [0.1, 0.15) is 30.5 Å². The zero-order valence-electron chi connectivity index (χ0n) is 17.0. The molecular weight excluding hydrogens is 376 g/mol. The van der Waals surface area contributed by atoms with Gasteiger partial charge in [-0.25, -0.2) is 4.98 Å². The molecule has 0 aliphatic heterocycles. The van der Waals surface area contributed by atoms with E-state index in [2.05, 4.69) is 51.8 Å². The first-order chi connectivity index (χ1) is 14.6. The molecule has 0 radical (unpaired) electrons. The molecule has 0 unspecified atom stereocenters. The molecule has 2 N–H and O–H groups in total. The topological polar surface area (TPSA) is 84.2 Å². The van der Waals surface area contributed by atoms with Crippen molar-refractivity contribution in [3.8, 4) is 11.3 Å². The lowest BCUT2D eigenvalue weighted by molar-refractivity contribution is -0.121. The van der Waals surface area contributed by atoms with E-state index in [1.54, 1.807) is 24.8 Å². The summed E-state index contributed by atoms with van der Waals surface area (Å²) in [7, 11) is 0. The molecule has 1 atom stereocenters. The first kappa shape index (κ1) is 19.6. The molecule has 0 aliphatic rings. The Morgan fingerprint density at radius 2 is 1.90 bits per heavy atom. The zero-order chi connectivity index (χ0) is 20.9. The van der Waals surface area contributed by atoms with Crippen LogP contribution in [0, 0.1) is 6.92 Å². The number of anilines is 1. The van der Waals surface area contributed by atoms with Gasteiger partial charge in [0.15, 0.2) is 5.65 Å². The highest BCUT2D eigenvalue weighted by molar-refractivity contribution is 5.79. The van der Waals surface area contributed by atoms with Crippen molar-refractivity contribution < 1.29 is 4.79 Å². The largest absolute Gasteiger partial charge is 0.369 e. The van der Waals surface area contributed by atoms with Crippen molar-refractivity contribution in [2.75, 3.05) is 11.9 Å². The molecular formula is C23H24N6O. The van der Waals surface area contributed by atoms with Gasteiger partial charge in [-0.2, -0.15) is 0 Å². The van der Waals surface area contributed by atoms with Gasteiger partial charge >= 0.3 is 0 Å². The molecule has 0 bridgehead atoms. The number of carbonyl (C=O) groups is 1. The van der Waals surface area contributed by atoms with Gasteiger partial charge in [0.1, 0.15) is 11.5 Å². The van der Waals surface area contributed by atoms with E-state index in [-0.39, 0.29) is 11.9 Å². The summed E-state index contributed by atoms with van der Waals surface area (Å²) in [6, 6.07) is 12.0. The summed E-state index contributed by atoms with van der Waals surface area (Å²) in [6.45, 7) is 4.50. The van der Waals surface area contributed by atoms with Gasteiger partial charge in [-0.05, 0) is 25.5 Å². The molecule has 1 amide bonds. The van der Waals surface area contributed by atoms with Crippen molar-refractivity contribution in [3.05, 3.63) is 78.5 Å². The molecule has 1 aromatic carbocycles. The fourth-order valence-corrected chi connectivity index (χ4v) is 3.31. The minimum absolute atomic E-state index is 0.0220. The smallest absolute Gasteiger partial charge is 0.222 e. The van der Waals surface area contributed by atoms with Crippen LogP contribution in [0.4, 0.5) is 5.82 Å². The standard InChI is InChI=1S/C23H24N6O/c1-16-5-7-18(8-6-16)22-23(29-13-12-25-15-20(29)28-22)26-11-9-21(30)27-17(2)19-4-3-10-24-14-19/h3-8,10,12-15,17,26H,9,11H2,1-2H3,(H,27,30)/t17-/m1/s1. The lowest BCUT2D eigenvalue weighted by Crippen LogP contribution is -2.28. The summed E-state index contributed by atoms with van der Waals surface area (Å²) in [5, 5.41) is 6.41. The van der Waals surface area contributed by atoms with Crippen molar-refractivity contribution in [3.63, 3.8) is 0 Å². The first-order valence-corrected chi connectivity index (χ1v) is 9.94. The Morgan fingerprint density at radius 3 is 2.67 bits per heavy atom. The average Bonchev–Trinajstić information content (AvgIpc) is 3.13. The molecule has 7 nitrogen and oxygen atoms in total. The van der Waals surface area contributed by atoms with E-state index < -0.39 is 0 Å². The van der Waals surface area contributed by atoms with Crippen LogP contribution in [-0.4, -0.2) is 31.8 Å². The number of hydrogen-bond donors (Lipinski definition) is 2. The third-order valence-electron chi connectivity index (χ3n) is 4.96. The minimum atomic E-state index is -0.0869. The molecule has 7 heteroatoms. The van der Waals surface area contributed by atoms with Crippen molar-refractivity contribution in [1.82, 2.24) is 24.7 Å². The lowest BCUT2D eigenvalue weighted by Gasteiger charge is -2.14. The summed E-state index contributed by atoms with van der Waals surface area (Å²) >= 11 is 0. The Labute approximate surface area is 175 Å². The van der Waals surface area contributed by atoms with Crippen molar-refractivity contribution in [2.45, 2.75) is 26.3 Å². The highest BCUT2D eigenvalue weighted by atomic mass is 16.1. The van der Waals surface area contributed by atoms with E-state index in [4.69, 9.17) is 4.98 Å². The molecule has 0 saturated heterocycles. The van der Waals surface area contributed by atoms with Gasteiger partial charge in [-0.1, -0.05) is 35.9 Å². The maximum atomic E-state index is 12.4. The molecule has 0 spiro atoms. The highest BCUT2D eigenvalue weighted by Gasteiger charge is 2.15. The van der Waals surface area contributed by atoms with Crippen molar-refractivity contribution in [1.29, 1.82) is 0 Å². The molecule has 0 saturated carbocycles. The second-order valence-electron chi connectivity index (χ2n) is 7.23. The molecule has 152 valence electrons. The number of amides is 1. The van der Waals surface area contributed by atoms with E-state index >= 15 is 0 Å². The Morgan fingerprint density at radius 1 is 1.10 bits per heavy atom. The van der Waals surface area contributed by atoms with Crippen LogP contribution in [-0.2, 0) is 4.79 Å². The van der Waals surface area contributed by atoms with Gasteiger partial charge in [0.2, 0.25) is 5.91 Å². The number of hydrogen-bond acceptors (Lipinski definition) is 5. The summed E-state index contributed by atoms with van der Waals surface area (Å²) in [6.07, 6.45) is 9.15. The van der Waals surface area contributed by atoms with Crippen molar-refractivity contribution in [2.24, 2.45) is 0 Å². The maximum absolute atomic E-state index is 12.4. The van der Waals surface area contributed by atoms with E-state index in [0.29, 0.717) is 13.0 Å². The molecule has 4 aromatic rings. The van der Waals surface area contributed by atoms with Gasteiger partial charge in [0.05, 0.1) is 12.2 Å². The fraction of sp³-hybridized carbons (Fsp3) is 0.217. The van der Waals surface area contributed by atoms with E-state index in [1.165, 1.54) is 5.56 Å². The number of fused-ring (bicyclic) bond motifs is 1. The number of nitrogens with one attached hydrogen (secondary N) is 2. The van der Waals surface area contributed by atoms with Crippen LogP contribution >= 0.6 is 0 Å². The van der Waals surface area contributed by atoms with Gasteiger partial charge < -0.3 is 10.6 Å². The minimum Gasteiger partial charge on any atom is -0.369 e. The molecule has 30 heavy (non-hydrogen) atoms. The summed E-state index contributed by atoms with van der Waals surface area (Å²) < 4.78 is 1.96. The molecule has 3 aromatic heterocycles. The van der Waals surface area contributed by atoms with Gasteiger partial charge in [-0.3, -0.25) is 19.2 Å². The summed E-state index contributed by atoms with van der Waals surface area (Å²) in [4.78, 5) is 25.4. The number of carbonyl (C=O) groups excluding carboxylic acids is 1. The summed E-state index contributed by atoms with van der Waals surface area (Å²) in [5.41, 5.74) is 4.78. The first-order valence-electron chi connectivity index (χ1n) is 9.94. The van der Waals surface area contributed by atoms with Gasteiger partial charge in [0.25, 0.3) is 0 Å². The Bertz CT molecular complexity index is 1140. The van der Waals surface area contributed by atoms with Gasteiger partial charge in [-0.15, -0.1) is 0 Å². The van der Waals surface area contributed by atoms with Crippen LogP contribution in [0.25, 0.3) is 16.9 Å². The van der Waals surface area contributed by atoms with Crippen LogP contribution < -0.4 is 10.6 Å². The normalized spacial score (nSPS) is 11.9. The number of imidazole rings is 1.